The van der Waals surface area contributed by atoms with Gasteiger partial charge in [0.1, 0.15) is 0 Å². The Morgan fingerprint density at radius 3 is 2.72 bits per heavy atom. The molecule has 2 heterocycles. The summed E-state index contributed by atoms with van der Waals surface area (Å²) in [5, 5.41) is 7.41. The summed E-state index contributed by atoms with van der Waals surface area (Å²) in [4.78, 5) is 0. The van der Waals surface area contributed by atoms with Gasteiger partial charge in [0.2, 0.25) is 0 Å². The lowest BCUT2D eigenvalue weighted by molar-refractivity contribution is 0.162. The van der Waals surface area contributed by atoms with Crippen LogP contribution in [0.2, 0.25) is 0 Å². The van der Waals surface area contributed by atoms with Gasteiger partial charge in [0, 0.05) is 10.2 Å². The molecule has 1 aromatic carbocycles. The molecule has 1 unspecified atom stereocenters. The summed E-state index contributed by atoms with van der Waals surface area (Å²) >= 11 is 1.88. The SMILES string of the molecule is CC(C)(C)C1(c2cccc3ccsc23)CCCN1. The highest BCUT2D eigenvalue weighted by Gasteiger charge is 2.46. The van der Waals surface area contributed by atoms with E-state index in [1.165, 1.54) is 28.5 Å². The molecule has 2 aromatic rings. The van der Waals surface area contributed by atoms with E-state index in [0.29, 0.717) is 0 Å². The van der Waals surface area contributed by atoms with Crippen molar-refractivity contribution in [3.05, 3.63) is 35.2 Å². The lowest BCUT2D eigenvalue weighted by Gasteiger charge is -2.43. The van der Waals surface area contributed by atoms with Crippen LogP contribution >= 0.6 is 11.3 Å². The van der Waals surface area contributed by atoms with E-state index in [0.717, 1.165) is 6.54 Å². The van der Waals surface area contributed by atoms with Crippen LogP contribution in [0.5, 0.6) is 0 Å². The Labute approximate surface area is 113 Å². The van der Waals surface area contributed by atoms with Crippen LogP contribution in [0.15, 0.2) is 29.6 Å². The van der Waals surface area contributed by atoms with Crippen molar-refractivity contribution in [1.29, 1.82) is 0 Å². The minimum absolute atomic E-state index is 0.136. The third-order valence-corrected chi connectivity index (χ3v) is 5.34. The molecule has 0 amide bonds. The van der Waals surface area contributed by atoms with Crippen molar-refractivity contribution in [2.75, 3.05) is 6.54 Å². The predicted molar refractivity (Wildman–Crippen MR) is 80.2 cm³/mol. The molecule has 1 saturated heterocycles. The van der Waals surface area contributed by atoms with Crippen LogP contribution < -0.4 is 5.32 Å². The smallest absolute Gasteiger partial charge is 0.0498 e. The maximum atomic E-state index is 3.81. The molecule has 1 atom stereocenters. The topological polar surface area (TPSA) is 12.0 Å². The van der Waals surface area contributed by atoms with Gasteiger partial charge >= 0.3 is 0 Å². The van der Waals surface area contributed by atoms with Crippen molar-refractivity contribution in [2.45, 2.75) is 39.2 Å². The molecule has 3 rings (SSSR count). The van der Waals surface area contributed by atoms with Gasteiger partial charge in [-0.2, -0.15) is 0 Å². The van der Waals surface area contributed by atoms with E-state index in [2.05, 4.69) is 55.7 Å². The molecular weight excluding hydrogens is 238 g/mol. The Morgan fingerprint density at radius 1 is 1.22 bits per heavy atom. The zero-order valence-electron chi connectivity index (χ0n) is 11.4. The van der Waals surface area contributed by atoms with Crippen LogP contribution in [-0.4, -0.2) is 6.54 Å². The van der Waals surface area contributed by atoms with E-state index in [1.54, 1.807) is 0 Å². The Hall–Kier alpha value is -0.860. The third-order valence-electron chi connectivity index (χ3n) is 4.37. The molecule has 0 bridgehead atoms. The van der Waals surface area contributed by atoms with Gasteiger partial charge in [0.25, 0.3) is 0 Å². The predicted octanol–water partition coefficient (Wildman–Crippen LogP) is 4.53. The summed E-state index contributed by atoms with van der Waals surface area (Å²) < 4.78 is 1.46. The first-order valence-corrected chi connectivity index (χ1v) is 7.64. The van der Waals surface area contributed by atoms with Gasteiger partial charge in [-0.3, -0.25) is 0 Å². The molecule has 1 aliphatic rings. The second-order valence-electron chi connectivity index (χ2n) is 6.33. The van der Waals surface area contributed by atoms with Gasteiger partial charge in [-0.15, -0.1) is 11.3 Å². The van der Waals surface area contributed by atoms with Crippen LogP contribution in [0, 0.1) is 5.41 Å². The molecular formula is C16H21NS. The summed E-state index contributed by atoms with van der Waals surface area (Å²) in [6.07, 6.45) is 2.52. The minimum atomic E-state index is 0.136. The second-order valence-corrected chi connectivity index (χ2v) is 7.25. The van der Waals surface area contributed by atoms with Crippen molar-refractivity contribution < 1.29 is 0 Å². The summed E-state index contributed by atoms with van der Waals surface area (Å²) in [6, 6.07) is 8.98. The number of hydrogen-bond acceptors (Lipinski definition) is 2. The third kappa shape index (κ3) is 1.63. The number of hydrogen-bond donors (Lipinski definition) is 1. The first-order valence-electron chi connectivity index (χ1n) is 6.76. The van der Waals surface area contributed by atoms with Crippen molar-refractivity contribution in [3.8, 4) is 0 Å². The normalized spacial score (nSPS) is 24.8. The summed E-state index contributed by atoms with van der Waals surface area (Å²) in [5.74, 6) is 0. The molecule has 1 nitrogen and oxygen atoms in total. The standard InChI is InChI=1S/C16H21NS/c1-15(2,3)16(9-5-10-17-16)13-7-4-6-12-8-11-18-14(12)13/h4,6-8,11,17H,5,9-10H2,1-3H3. The average molecular weight is 259 g/mol. The molecule has 0 spiro atoms. The number of benzene rings is 1. The number of rotatable bonds is 1. The Bertz CT molecular complexity index is 556. The first kappa shape index (κ1) is 12.2. The zero-order chi connectivity index (χ0) is 12.8. The molecule has 0 aliphatic carbocycles. The minimum Gasteiger partial charge on any atom is -0.307 e. The van der Waals surface area contributed by atoms with Crippen LogP contribution in [0.25, 0.3) is 10.1 Å². The van der Waals surface area contributed by atoms with E-state index in [9.17, 15) is 0 Å². The van der Waals surface area contributed by atoms with Crippen molar-refractivity contribution in [3.63, 3.8) is 0 Å². The maximum Gasteiger partial charge on any atom is 0.0498 e. The molecule has 18 heavy (non-hydrogen) atoms. The second kappa shape index (κ2) is 4.07. The van der Waals surface area contributed by atoms with Crippen LogP contribution in [0.3, 0.4) is 0 Å². The molecule has 2 heteroatoms. The number of fused-ring (bicyclic) bond motifs is 1. The average Bonchev–Trinajstić information content (AvgIpc) is 2.97. The van der Waals surface area contributed by atoms with Crippen molar-refractivity contribution in [1.82, 2.24) is 5.32 Å². The summed E-state index contributed by atoms with van der Waals surface area (Å²) in [6.45, 7) is 8.21. The largest absolute Gasteiger partial charge is 0.307 e. The van der Waals surface area contributed by atoms with Crippen molar-refractivity contribution >= 4 is 21.4 Å². The zero-order valence-corrected chi connectivity index (χ0v) is 12.2. The molecule has 96 valence electrons. The highest BCUT2D eigenvalue weighted by atomic mass is 32.1. The Kier molecular flexibility index (Phi) is 2.76. The fourth-order valence-electron chi connectivity index (χ4n) is 3.35. The number of thiophene rings is 1. The summed E-state index contributed by atoms with van der Waals surface area (Å²) in [5.41, 5.74) is 1.87. The van der Waals surface area contributed by atoms with Gasteiger partial charge in [-0.25, -0.2) is 0 Å². The molecule has 1 fully saturated rings. The van der Waals surface area contributed by atoms with Crippen LogP contribution in [0.4, 0.5) is 0 Å². The van der Waals surface area contributed by atoms with Gasteiger partial charge in [0.15, 0.2) is 0 Å². The van der Waals surface area contributed by atoms with E-state index in [4.69, 9.17) is 0 Å². The quantitative estimate of drug-likeness (QED) is 0.793. The van der Waals surface area contributed by atoms with E-state index in [1.807, 2.05) is 11.3 Å². The number of nitrogens with one attached hydrogen (secondary N) is 1. The Balaban J connectivity index is 2.25. The lowest BCUT2D eigenvalue weighted by atomic mass is 9.68. The fraction of sp³-hybridized carbons (Fsp3) is 0.500. The van der Waals surface area contributed by atoms with Crippen LogP contribution in [0.1, 0.15) is 39.2 Å². The highest BCUT2D eigenvalue weighted by Crippen LogP contribution is 2.48. The monoisotopic (exact) mass is 259 g/mol. The lowest BCUT2D eigenvalue weighted by Crippen LogP contribution is -2.48. The van der Waals surface area contributed by atoms with E-state index in [-0.39, 0.29) is 11.0 Å². The van der Waals surface area contributed by atoms with E-state index >= 15 is 0 Å². The van der Waals surface area contributed by atoms with Gasteiger partial charge in [-0.05, 0) is 47.2 Å². The molecule has 1 aliphatic heterocycles. The Morgan fingerprint density at radius 2 is 2.06 bits per heavy atom. The maximum absolute atomic E-state index is 3.81. The van der Waals surface area contributed by atoms with E-state index < -0.39 is 0 Å². The molecule has 1 aromatic heterocycles. The first-order chi connectivity index (χ1) is 8.55. The molecule has 0 radical (unpaired) electrons. The highest BCUT2D eigenvalue weighted by molar-refractivity contribution is 7.17. The van der Waals surface area contributed by atoms with Crippen molar-refractivity contribution in [2.24, 2.45) is 5.41 Å². The molecule has 1 N–H and O–H groups in total. The van der Waals surface area contributed by atoms with Gasteiger partial charge in [-0.1, -0.05) is 39.0 Å². The fourth-order valence-corrected chi connectivity index (χ4v) is 4.34. The summed E-state index contributed by atoms with van der Waals surface area (Å²) in [7, 11) is 0. The van der Waals surface area contributed by atoms with Gasteiger partial charge < -0.3 is 5.32 Å². The van der Waals surface area contributed by atoms with Crippen LogP contribution in [-0.2, 0) is 5.54 Å². The molecule has 0 saturated carbocycles. The van der Waals surface area contributed by atoms with Gasteiger partial charge in [0.05, 0.1) is 0 Å².